The molecular formula is C18H21N5S. The van der Waals surface area contributed by atoms with E-state index in [1.54, 1.807) is 11.8 Å². The second kappa shape index (κ2) is 6.86. The van der Waals surface area contributed by atoms with Crippen molar-refractivity contribution in [3.05, 3.63) is 35.4 Å². The predicted octanol–water partition coefficient (Wildman–Crippen LogP) is 3.77. The zero-order valence-corrected chi connectivity index (χ0v) is 14.5. The van der Waals surface area contributed by atoms with Crippen LogP contribution in [0.4, 0.5) is 5.95 Å². The van der Waals surface area contributed by atoms with E-state index in [4.69, 9.17) is 0 Å². The summed E-state index contributed by atoms with van der Waals surface area (Å²) in [4.78, 5) is 2.39. The first-order chi connectivity index (χ1) is 11.9. The summed E-state index contributed by atoms with van der Waals surface area (Å²) in [6.45, 7) is 2.18. The number of aromatic nitrogens is 3. The van der Waals surface area contributed by atoms with Gasteiger partial charge in [-0.25, -0.2) is 0 Å². The van der Waals surface area contributed by atoms with Gasteiger partial charge in [0, 0.05) is 24.9 Å². The quantitative estimate of drug-likeness (QED) is 0.776. The number of benzene rings is 1. The van der Waals surface area contributed by atoms with Crippen molar-refractivity contribution in [3.8, 4) is 6.07 Å². The number of anilines is 1. The van der Waals surface area contributed by atoms with Crippen LogP contribution in [0.2, 0.25) is 0 Å². The molecule has 0 radical (unpaired) electrons. The topological polar surface area (TPSA) is 57.7 Å². The van der Waals surface area contributed by atoms with Crippen molar-refractivity contribution >= 4 is 17.7 Å². The average molecular weight is 339 g/mol. The summed E-state index contributed by atoms with van der Waals surface area (Å²) in [5, 5.41) is 19.2. The Morgan fingerprint density at radius 3 is 2.67 bits per heavy atom. The first-order valence-electron chi connectivity index (χ1n) is 8.67. The third kappa shape index (κ3) is 3.13. The number of thioether (sulfide) groups is 1. The van der Waals surface area contributed by atoms with E-state index >= 15 is 0 Å². The molecule has 1 saturated heterocycles. The summed E-state index contributed by atoms with van der Waals surface area (Å²) in [5.41, 5.74) is 1.81. The molecule has 2 aromatic rings. The van der Waals surface area contributed by atoms with Crippen LogP contribution in [0.15, 0.2) is 29.4 Å². The summed E-state index contributed by atoms with van der Waals surface area (Å²) in [7, 11) is 0. The van der Waals surface area contributed by atoms with Crippen LogP contribution in [0.3, 0.4) is 0 Å². The van der Waals surface area contributed by atoms with Gasteiger partial charge in [-0.05, 0) is 43.7 Å². The minimum atomic E-state index is 0.561. The zero-order valence-electron chi connectivity index (χ0n) is 13.7. The Kier molecular flexibility index (Phi) is 4.44. The molecule has 1 aliphatic heterocycles. The van der Waals surface area contributed by atoms with Crippen molar-refractivity contribution in [2.24, 2.45) is 0 Å². The van der Waals surface area contributed by atoms with Crippen LogP contribution in [-0.4, -0.2) is 27.9 Å². The molecular weight excluding hydrogens is 318 g/mol. The number of nitriles is 1. The van der Waals surface area contributed by atoms with E-state index in [9.17, 15) is 5.26 Å². The molecule has 0 unspecified atom stereocenters. The van der Waals surface area contributed by atoms with Gasteiger partial charge in [0.05, 0.1) is 11.6 Å². The van der Waals surface area contributed by atoms with Gasteiger partial charge in [0.1, 0.15) is 0 Å². The first kappa shape index (κ1) is 15.5. The third-order valence-corrected chi connectivity index (χ3v) is 5.68. The summed E-state index contributed by atoms with van der Waals surface area (Å²) < 4.78 is 2.34. The second-order valence-corrected chi connectivity index (χ2v) is 7.43. The molecule has 1 aromatic carbocycles. The smallest absolute Gasteiger partial charge is 0.228 e. The lowest BCUT2D eigenvalue weighted by Gasteiger charge is -2.27. The molecule has 1 saturated carbocycles. The molecule has 0 N–H and O–H groups in total. The number of nitrogens with zero attached hydrogens (tertiary/aromatic N) is 5. The van der Waals surface area contributed by atoms with Gasteiger partial charge in [-0.1, -0.05) is 30.0 Å². The van der Waals surface area contributed by atoms with Crippen molar-refractivity contribution in [1.29, 1.82) is 5.26 Å². The fourth-order valence-electron chi connectivity index (χ4n) is 3.23. The van der Waals surface area contributed by atoms with Crippen LogP contribution in [0, 0.1) is 11.3 Å². The van der Waals surface area contributed by atoms with Crippen LogP contribution in [-0.2, 0) is 5.75 Å². The van der Waals surface area contributed by atoms with Crippen molar-refractivity contribution in [2.45, 2.75) is 49.1 Å². The number of rotatable bonds is 5. The van der Waals surface area contributed by atoms with Gasteiger partial charge in [-0.2, -0.15) is 5.26 Å². The van der Waals surface area contributed by atoms with E-state index in [1.165, 1.54) is 32.1 Å². The van der Waals surface area contributed by atoms with Crippen LogP contribution < -0.4 is 4.90 Å². The zero-order chi connectivity index (χ0) is 16.4. The molecule has 2 fully saturated rings. The molecule has 0 spiro atoms. The van der Waals surface area contributed by atoms with Gasteiger partial charge in [0.15, 0.2) is 5.16 Å². The molecule has 5 nitrogen and oxygen atoms in total. The van der Waals surface area contributed by atoms with E-state index < -0.39 is 0 Å². The second-order valence-electron chi connectivity index (χ2n) is 6.49. The number of hydrogen-bond donors (Lipinski definition) is 0. The normalized spacial score (nSPS) is 17.7. The maximum absolute atomic E-state index is 9.24. The van der Waals surface area contributed by atoms with Crippen molar-refractivity contribution in [3.63, 3.8) is 0 Å². The Balaban J connectivity index is 1.55. The van der Waals surface area contributed by atoms with E-state index in [-0.39, 0.29) is 0 Å². The molecule has 6 heteroatoms. The molecule has 124 valence electrons. The van der Waals surface area contributed by atoms with Gasteiger partial charge < -0.3 is 4.90 Å². The Bertz CT molecular complexity index is 753. The Morgan fingerprint density at radius 2 is 1.92 bits per heavy atom. The lowest BCUT2D eigenvalue weighted by molar-refractivity contribution is 0.548. The molecule has 1 aromatic heterocycles. The predicted molar refractivity (Wildman–Crippen MR) is 95.1 cm³/mol. The maximum atomic E-state index is 9.24. The first-order valence-corrected chi connectivity index (χ1v) is 9.66. The van der Waals surface area contributed by atoms with Crippen LogP contribution >= 0.6 is 11.8 Å². The SMILES string of the molecule is N#Cc1ccccc1CSc1nnc(N2CCCCC2)n1C1CC1. The lowest BCUT2D eigenvalue weighted by Crippen LogP contribution is -2.31. The van der Waals surface area contributed by atoms with Crippen LogP contribution in [0.25, 0.3) is 0 Å². The molecule has 24 heavy (non-hydrogen) atoms. The third-order valence-electron chi connectivity index (χ3n) is 4.69. The standard InChI is InChI=1S/C18H21N5S/c19-12-14-6-2-3-7-15(14)13-24-18-21-20-17(23(18)16-8-9-16)22-10-4-1-5-11-22/h2-3,6-7,16H,1,4-5,8-11,13H2. The van der Waals surface area contributed by atoms with Crippen molar-refractivity contribution < 1.29 is 0 Å². The van der Waals surface area contributed by atoms with E-state index in [1.807, 2.05) is 24.3 Å². The van der Waals surface area contributed by atoms with Gasteiger partial charge in [-0.3, -0.25) is 4.57 Å². The van der Waals surface area contributed by atoms with Gasteiger partial charge in [0.25, 0.3) is 0 Å². The van der Waals surface area contributed by atoms with Gasteiger partial charge >= 0.3 is 0 Å². The number of hydrogen-bond acceptors (Lipinski definition) is 5. The Hall–Kier alpha value is -2.00. The van der Waals surface area contributed by atoms with Gasteiger partial charge in [-0.15, -0.1) is 10.2 Å². The van der Waals surface area contributed by atoms with Gasteiger partial charge in [0.2, 0.25) is 5.95 Å². The largest absolute Gasteiger partial charge is 0.341 e. The monoisotopic (exact) mass is 339 g/mol. The molecule has 0 amide bonds. The van der Waals surface area contributed by atoms with Crippen LogP contribution in [0.1, 0.15) is 49.3 Å². The molecule has 2 heterocycles. The lowest BCUT2D eigenvalue weighted by atomic mass is 10.1. The highest BCUT2D eigenvalue weighted by Gasteiger charge is 2.32. The minimum Gasteiger partial charge on any atom is -0.341 e. The summed E-state index contributed by atoms with van der Waals surface area (Å²) in [5.74, 6) is 1.81. The molecule has 4 rings (SSSR count). The average Bonchev–Trinajstić information content (AvgIpc) is 3.40. The highest BCUT2D eigenvalue weighted by molar-refractivity contribution is 7.98. The molecule has 2 aliphatic rings. The Labute approximate surface area is 146 Å². The number of piperidine rings is 1. The highest BCUT2D eigenvalue weighted by Crippen LogP contribution is 2.41. The summed E-state index contributed by atoms with van der Waals surface area (Å²) in [6, 6.07) is 10.6. The van der Waals surface area contributed by atoms with Crippen LogP contribution in [0.5, 0.6) is 0 Å². The fourth-order valence-corrected chi connectivity index (χ4v) is 4.23. The molecule has 0 bridgehead atoms. The molecule has 1 aliphatic carbocycles. The van der Waals surface area contributed by atoms with E-state index in [0.717, 1.165) is 41.1 Å². The van der Waals surface area contributed by atoms with E-state index in [0.29, 0.717) is 6.04 Å². The maximum Gasteiger partial charge on any atom is 0.228 e. The summed E-state index contributed by atoms with van der Waals surface area (Å²) >= 11 is 1.69. The minimum absolute atomic E-state index is 0.561. The molecule has 0 atom stereocenters. The van der Waals surface area contributed by atoms with Crippen molar-refractivity contribution in [1.82, 2.24) is 14.8 Å². The highest BCUT2D eigenvalue weighted by atomic mass is 32.2. The van der Waals surface area contributed by atoms with Crippen molar-refractivity contribution in [2.75, 3.05) is 18.0 Å². The summed E-state index contributed by atoms with van der Waals surface area (Å²) in [6.07, 6.45) is 6.26. The van der Waals surface area contributed by atoms with E-state index in [2.05, 4.69) is 25.7 Å². The Morgan fingerprint density at radius 1 is 1.12 bits per heavy atom. The fraction of sp³-hybridized carbons (Fsp3) is 0.500.